The van der Waals surface area contributed by atoms with Crippen LogP contribution in [-0.4, -0.2) is 50.1 Å². The number of nitrogens with one attached hydrogen (secondary N) is 1. The fourth-order valence-electron chi connectivity index (χ4n) is 2.30. The molecule has 146 valence electrons. The Balaban J connectivity index is 2.09. The van der Waals surface area contributed by atoms with Crippen LogP contribution in [0, 0.1) is 6.92 Å². The predicted octanol–water partition coefficient (Wildman–Crippen LogP) is 1.34. The normalized spacial score (nSPS) is 12.9. The van der Waals surface area contributed by atoms with E-state index in [-0.39, 0.29) is 41.7 Å². The molecule has 1 aromatic rings. The Morgan fingerprint density at radius 1 is 1.11 bits per heavy atom. The van der Waals surface area contributed by atoms with E-state index in [0.717, 1.165) is 6.26 Å². The van der Waals surface area contributed by atoms with Gasteiger partial charge < -0.3 is 23.4 Å². The van der Waals surface area contributed by atoms with Gasteiger partial charge >= 0.3 is 11.9 Å². The highest BCUT2D eigenvalue weighted by Crippen LogP contribution is 2.28. The van der Waals surface area contributed by atoms with Crippen LogP contribution in [0.3, 0.4) is 0 Å². The number of hydrogen-bond donors (Lipinski definition) is 1. The van der Waals surface area contributed by atoms with Gasteiger partial charge in [0.2, 0.25) is 11.6 Å². The molecule has 0 saturated heterocycles. The van der Waals surface area contributed by atoms with Gasteiger partial charge in [0.05, 0.1) is 12.2 Å². The van der Waals surface area contributed by atoms with Crippen molar-refractivity contribution in [1.29, 1.82) is 0 Å². The quantitative estimate of drug-likeness (QED) is 0.549. The minimum Gasteiger partial charge on any atom is -0.493 e. The summed E-state index contributed by atoms with van der Waals surface area (Å²) in [6.45, 7) is 4.23. The molecule has 0 radical (unpaired) electrons. The fourth-order valence-corrected chi connectivity index (χ4v) is 2.30. The lowest BCUT2D eigenvalue weighted by Crippen LogP contribution is -2.24. The Morgan fingerprint density at radius 2 is 1.85 bits per heavy atom. The number of furan rings is 1. The first-order valence-electron chi connectivity index (χ1n) is 8.08. The molecule has 0 unspecified atom stereocenters. The number of carbonyl (C=O) groups is 4. The Morgan fingerprint density at radius 3 is 2.44 bits per heavy atom. The van der Waals surface area contributed by atoms with Gasteiger partial charge in [-0.05, 0) is 20.8 Å². The molecule has 0 atom stereocenters. The molecule has 10 nitrogen and oxygen atoms in total. The number of Topliss-reactive ketones (excluding diaryl/α,β-unsaturated/α-hetero) is 1. The van der Waals surface area contributed by atoms with Crippen molar-refractivity contribution in [2.45, 2.75) is 20.8 Å². The van der Waals surface area contributed by atoms with Crippen LogP contribution >= 0.6 is 0 Å². The van der Waals surface area contributed by atoms with Crippen LogP contribution in [0.25, 0.3) is 0 Å². The molecule has 0 bridgehead atoms. The van der Waals surface area contributed by atoms with Gasteiger partial charge in [-0.15, -0.1) is 0 Å². The standard InChI is InChI=1S/C17H19NO9/c1-4-24-17(22)14-13(9(2)19)10(3)27-15(14)18-12(20)8-26-16(21)11-7-23-5-6-25-11/h7H,4-6,8H2,1-3H3,(H,18,20). The van der Waals surface area contributed by atoms with Crippen molar-refractivity contribution in [3.8, 4) is 0 Å². The van der Waals surface area contributed by atoms with Crippen molar-refractivity contribution < 1.29 is 42.5 Å². The lowest BCUT2D eigenvalue weighted by molar-refractivity contribution is -0.148. The molecule has 10 heteroatoms. The summed E-state index contributed by atoms with van der Waals surface area (Å²) in [5.74, 6) is -3.17. The third kappa shape index (κ3) is 4.87. The van der Waals surface area contributed by atoms with Crippen molar-refractivity contribution >= 4 is 29.5 Å². The van der Waals surface area contributed by atoms with Crippen LogP contribution in [0.1, 0.15) is 40.3 Å². The molecule has 0 spiro atoms. The number of carbonyl (C=O) groups excluding carboxylic acids is 4. The van der Waals surface area contributed by atoms with Crippen LogP contribution in [-0.2, 0) is 28.5 Å². The second-order valence-corrected chi connectivity index (χ2v) is 5.34. The molecule has 1 N–H and O–H groups in total. The maximum atomic E-state index is 12.1. The van der Waals surface area contributed by atoms with Crippen LogP contribution < -0.4 is 5.32 Å². The number of ketones is 1. The average molecular weight is 381 g/mol. The summed E-state index contributed by atoms with van der Waals surface area (Å²) in [6.07, 6.45) is 1.09. The molecule has 0 aliphatic carbocycles. The minimum atomic E-state index is -0.879. The third-order valence-electron chi connectivity index (χ3n) is 3.35. The van der Waals surface area contributed by atoms with E-state index >= 15 is 0 Å². The number of anilines is 1. The van der Waals surface area contributed by atoms with E-state index in [1.807, 2.05) is 0 Å². The Bertz CT molecular complexity index is 791. The largest absolute Gasteiger partial charge is 0.493 e. The van der Waals surface area contributed by atoms with Gasteiger partial charge in [-0.1, -0.05) is 0 Å². The number of rotatable bonds is 7. The molecule has 1 aliphatic rings. The number of amides is 1. The molecule has 1 aliphatic heterocycles. The van der Waals surface area contributed by atoms with Crippen molar-refractivity contribution in [1.82, 2.24) is 0 Å². The van der Waals surface area contributed by atoms with Gasteiger partial charge in [0.15, 0.2) is 12.4 Å². The van der Waals surface area contributed by atoms with Crippen LogP contribution in [0.15, 0.2) is 16.4 Å². The number of hydrogen-bond acceptors (Lipinski definition) is 9. The Hall–Kier alpha value is -3.30. The Kier molecular flexibility index (Phi) is 6.58. The number of ether oxygens (including phenoxy) is 4. The molecular weight excluding hydrogens is 362 g/mol. The highest BCUT2D eigenvalue weighted by molar-refractivity contribution is 6.10. The minimum absolute atomic E-state index is 0.0126. The monoisotopic (exact) mass is 381 g/mol. The summed E-state index contributed by atoms with van der Waals surface area (Å²) in [5.41, 5.74) is -0.174. The lowest BCUT2D eigenvalue weighted by atomic mass is 10.1. The molecule has 2 heterocycles. The van der Waals surface area contributed by atoms with E-state index in [4.69, 9.17) is 23.4 Å². The highest BCUT2D eigenvalue weighted by atomic mass is 16.6. The van der Waals surface area contributed by atoms with E-state index in [2.05, 4.69) is 5.32 Å². The topological polar surface area (TPSA) is 130 Å². The van der Waals surface area contributed by atoms with Crippen LogP contribution in [0.5, 0.6) is 0 Å². The zero-order valence-corrected chi connectivity index (χ0v) is 15.1. The zero-order valence-electron chi connectivity index (χ0n) is 15.1. The molecule has 0 fully saturated rings. The van der Waals surface area contributed by atoms with E-state index in [1.165, 1.54) is 13.8 Å². The molecule has 0 aromatic carbocycles. The zero-order chi connectivity index (χ0) is 20.0. The molecular formula is C17H19NO9. The summed E-state index contributed by atoms with van der Waals surface area (Å²) in [6, 6.07) is 0. The van der Waals surface area contributed by atoms with Gasteiger partial charge in [0.1, 0.15) is 30.8 Å². The predicted molar refractivity (Wildman–Crippen MR) is 89.0 cm³/mol. The molecule has 1 aromatic heterocycles. The summed E-state index contributed by atoms with van der Waals surface area (Å²) < 4.78 is 25.0. The molecule has 1 amide bonds. The Labute approximate surface area is 154 Å². The van der Waals surface area contributed by atoms with E-state index in [1.54, 1.807) is 6.92 Å². The molecule has 27 heavy (non-hydrogen) atoms. The van der Waals surface area contributed by atoms with Gasteiger partial charge in [-0.3, -0.25) is 14.9 Å². The second kappa shape index (κ2) is 8.88. The summed E-state index contributed by atoms with van der Waals surface area (Å²) in [4.78, 5) is 47.7. The van der Waals surface area contributed by atoms with E-state index in [0.29, 0.717) is 6.61 Å². The van der Waals surface area contributed by atoms with Gasteiger partial charge in [-0.25, -0.2) is 9.59 Å². The van der Waals surface area contributed by atoms with Gasteiger partial charge in [-0.2, -0.15) is 0 Å². The molecule has 0 saturated carbocycles. The first-order valence-corrected chi connectivity index (χ1v) is 8.08. The number of aryl methyl sites for hydroxylation is 1. The van der Waals surface area contributed by atoms with Crippen LogP contribution in [0.2, 0.25) is 0 Å². The van der Waals surface area contributed by atoms with Crippen LogP contribution in [0.4, 0.5) is 5.88 Å². The molecule has 2 rings (SSSR count). The van der Waals surface area contributed by atoms with Crippen molar-refractivity contribution in [2.24, 2.45) is 0 Å². The number of esters is 2. The highest BCUT2D eigenvalue weighted by Gasteiger charge is 2.29. The van der Waals surface area contributed by atoms with Crippen molar-refractivity contribution in [3.05, 3.63) is 28.9 Å². The first kappa shape index (κ1) is 20.0. The van der Waals surface area contributed by atoms with E-state index < -0.39 is 30.2 Å². The summed E-state index contributed by atoms with van der Waals surface area (Å²) in [7, 11) is 0. The van der Waals surface area contributed by atoms with Crippen molar-refractivity contribution in [3.63, 3.8) is 0 Å². The smallest absolute Gasteiger partial charge is 0.377 e. The maximum Gasteiger partial charge on any atom is 0.377 e. The SMILES string of the molecule is CCOC(=O)c1c(NC(=O)COC(=O)C2=COCCO2)oc(C)c1C(C)=O. The first-order chi connectivity index (χ1) is 12.8. The van der Waals surface area contributed by atoms with Gasteiger partial charge in [0, 0.05) is 0 Å². The lowest BCUT2D eigenvalue weighted by Gasteiger charge is -2.14. The van der Waals surface area contributed by atoms with Crippen molar-refractivity contribution in [2.75, 3.05) is 31.7 Å². The van der Waals surface area contributed by atoms with Gasteiger partial charge in [0.25, 0.3) is 5.91 Å². The summed E-state index contributed by atoms with van der Waals surface area (Å²) in [5, 5.41) is 2.30. The second-order valence-electron chi connectivity index (χ2n) is 5.34. The van der Waals surface area contributed by atoms with E-state index in [9.17, 15) is 19.2 Å². The fraction of sp³-hybridized carbons (Fsp3) is 0.412. The third-order valence-corrected chi connectivity index (χ3v) is 3.35. The average Bonchev–Trinajstić information content (AvgIpc) is 2.96. The maximum absolute atomic E-state index is 12.1. The summed E-state index contributed by atoms with van der Waals surface area (Å²) >= 11 is 0.